The van der Waals surface area contributed by atoms with E-state index in [0.717, 1.165) is 29.1 Å². The zero-order valence-corrected chi connectivity index (χ0v) is 12.6. The number of benzene rings is 1. The molecule has 0 N–H and O–H groups in total. The van der Waals surface area contributed by atoms with Crippen LogP contribution in [0.25, 0.3) is 11.0 Å². The van der Waals surface area contributed by atoms with Gasteiger partial charge in [-0.15, -0.1) is 11.6 Å². The highest BCUT2D eigenvalue weighted by Gasteiger charge is 2.16. The maximum atomic E-state index is 6.29. The molecule has 0 spiro atoms. The van der Waals surface area contributed by atoms with E-state index in [0.29, 0.717) is 0 Å². The Morgan fingerprint density at radius 2 is 2.05 bits per heavy atom. The first-order valence-corrected chi connectivity index (χ1v) is 7.08. The van der Waals surface area contributed by atoms with Gasteiger partial charge < -0.3 is 4.57 Å². The molecule has 0 bridgehead atoms. The van der Waals surface area contributed by atoms with E-state index in [1.165, 1.54) is 5.56 Å². The predicted molar refractivity (Wildman–Crippen MR) is 81.0 cm³/mol. The number of para-hydroxylation sites is 2. The highest BCUT2D eigenvalue weighted by Crippen LogP contribution is 2.25. The number of alkyl halides is 1. The van der Waals surface area contributed by atoms with E-state index in [9.17, 15) is 0 Å². The molecular formula is C15H17ClN4. The maximum Gasteiger partial charge on any atom is 0.128 e. The Labute approximate surface area is 123 Å². The molecule has 3 rings (SSSR count). The van der Waals surface area contributed by atoms with Crippen molar-refractivity contribution in [2.45, 2.75) is 25.8 Å². The summed E-state index contributed by atoms with van der Waals surface area (Å²) < 4.78 is 4.02. The number of fused-ring (bicyclic) bond motifs is 1. The standard InChI is InChI=1S/C15H17ClN4/c1-10(16)15-17-13-6-4-5-7-14(13)20(15)9-12-8-19(3)18-11(12)2/h4-8,10H,9H2,1-3H3. The fraction of sp³-hybridized carbons (Fsp3) is 0.333. The van der Waals surface area contributed by atoms with E-state index in [2.05, 4.69) is 20.7 Å². The minimum Gasteiger partial charge on any atom is -0.322 e. The number of halogens is 1. The molecule has 1 aromatic carbocycles. The van der Waals surface area contributed by atoms with Crippen molar-refractivity contribution < 1.29 is 0 Å². The zero-order chi connectivity index (χ0) is 14.3. The summed E-state index contributed by atoms with van der Waals surface area (Å²) in [4.78, 5) is 4.65. The highest BCUT2D eigenvalue weighted by atomic mass is 35.5. The first-order valence-electron chi connectivity index (χ1n) is 6.64. The summed E-state index contributed by atoms with van der Waals surface area (Å²) in [5.41, 5.74) is 4.32. The van der Waals surface area contributed by atoms with E-state index in [4.69, 9.17) is 11.6 Å². The predicted octanol–water partition coefficient (Wildman–Crippen LogP) is 3.43. The van der Waals surface area contributed by atoms with Crippen molar-refractivity contribution in [3.8, 4) is 0 Å². The Morgan fingerprint density at radius 1 is 1.30 bits per heavy atom. The van der Waals surface area contributed by atoms with Gasteiger partial charge in [-0.05, 0) is 26.0 Å². The van der Waals surface area contributed by atoms with Gasteiger partial charge >= 0.3 is 0 Å². The molecule has 0 aliphatic heterocycles. The van der Waals surface area contributed by atoms with Gasteiger partial charge in [0.1, 0.15) is 5.82 Å². The van der Waals surface area contributed by atoms with Crippen LogP contribution in [0, 0.1) is 6.92 Å². The number of aryl methyl sites for hydroxylation is 2. The van der Waals surface area contributed by atoms with Crippen LogP contribution >= 0.6 is 11.6 Å². The number of imidazole rings is 1. The van der Waals surface area contributed by atoms with Gasteiger partial charge in [-0.3, -0.25) is 4.68 Å². The highest BCUT2D eigenvalue weighted by molar-refractivity contribution is 6.20. The third-order valence-electron chi connectivity index (χ3n) is 3.48. The smallest absolute Gasteiger partial charge is 0.128 e. The lowest BCUT2D eigenvalue weighted by molar-refractivity contribution is 0.738. The molecule has 3 aromatic rings. The molecule has 0 aliphatic carbocycles. The molecule has 2 aromatic heterocycles. The first kappa shape index (κ1) is 13.2. The number of rotatable bonds is 3. The minimum absolute atomic E-state index is 0.126. The Balaban J connectivity index is 2.14. The van der Waals surface area contributed by atoms with Gasteiger partial charge in [0.05, 0.1) is 28.6 Å². The quantitative estimate of drug-likeness (QED) is 0.692. The summed E-state index contributed by atoms with van der Waals surface area (Å²) in [6.45, 7) is 4.72. The van der Waals surface area contributed by atoms with Gasteiger partial charge in [0, 0.05) is 18.8 Å². The van der Waals surface area contributed by atoms with E-state index in [1.807, 2.05) is 50.0 Å². The second-order valence-corrected chi connectivity index (χ2v) is 5.73. The van der Waals surface area contributed by atoms with Gasteiger partial charge in [-0.2, -0.15) is 5.10 Å². The van der Waals surface area contributed by atoms with Crippen molar-refractivity contribution in [1.29, 1.82) is 0 Å². The van der Waals surface area contributed by atoms with Crippen molar-refractivity contribution in [1.82, 2.24) is 19.3 Å². The van der Waals surface area contributed by atoms with Gasteiger partial charge in [-0.25, -0.2) is 4.98 Å². The molecule has 1 unspecified atom stereocenters. The van der Waals surface area contributed by atoms with E-state index in [-0.39, 0.29) is 5.38 Å². The summed E-state index contributed by atoms with van der Waals surface area (Å²) in [6, 6.07) is 8.12. The van der Waals surface area contributed by atoms with Crippen molar-refractivity contribution in [3.63, 3.8) is 0 Å². The van der Waals surface area contributed by atoms with E-state index in [1.54, 1.807) is 0 Å². The lowest BCUT2D eigenvalue weighted by atomic mass is 10.2. The molecule has 4 nitrogen and oxygen atoms in total. The molecule has 0 amide bonds. The second-order valence-electron chi connectivity index (χ2n) is 5.07. The lowest BCUT2D eigenvalue weighted by Crippen LogP contribution is -2.06. The summed E-state index contributed by atoms with van der Waals surface area (Å²) >= 11 is 6.29. The van der Waals surface area contributed by atoms with Crippen LogP contribution in [0.2, 0.25) is 0 Å². The third kappa shape index (κ3) is 2.20. The molecule has 0 fully saturated rings. The number of aromatic nitrogens is 4. The van der Waals surface area contributed by atoms with Gasteiger partial charge in [-0.1, -0.05) is 12.1 Å². The van der Waals surface area contributed by atoms with Gasteiger partial charge in [0.15, 0.2) is 0 Å². The molecule has 20 heavy (non-hydrogen) atoms. The average Bonchev–Trinajstić information content (AvgIpc) is 2.91. The topological polar surface area (TPSA) is 35.6 Å². The molecular weight excluding hydrogens is 272 g/mol. The summed E-state index contributed by atoms with van der Waals surface area (Å²) in [5, 5.41) is 4.27. The van der Waals surface area contributed by atoms with Crippen LogP contribution in [0.3, 0.4) is 0 Å². The van der Waals surface area contributed by atoms with Crippen LogP contribution in [-0.2, 0) is 13.6 Å². The third-order valence-corrected chi connectivity index (χ3v) is 3.68. The second kappa shape index (κ2) is 4.94. The minimum atomic E-state index is -0.126. The van der Waals surface area contributed by atoms with Crippen LogP contribution in [-0.4, -0.2) is 19.3 Å². The normalized spacial score (nSPS) is 13.0. The van der Waals surface area contributed by atoms with Crippen molar-refractivity contribution >= 4 is 22.6 Å². The fourth-order valence-electron chi connectivity index (χ4n) is 2.54. The average molecular weight is 289 g/mol. The largest absolute Gasteiger partial charge is 0.322 e. The molecule has 2 heterocycles. The van der Waals surface area contributed by atoms with Crippen LogP contribution in [0.4, 0.5) is 0 Å². The van der Waals surface area contributed by atoms with Crippen molar-refractivity contribution in [3.05, 3.63) is 47.5 Å². The SMILES string of the molecule is Cc1nn(C)cc1Cn1c(C(C)Cl)nc2ccccc21. The zero-order valence-electron chi connectivity index (χ0n) is 11.8. The molecule has 0 radical (unpaired) electrons. The molecule has 104 valence electrons. The summed E-state index contributed by atoms with van der Waals surface area (Å²) in [5.74, 6) is 0.899. The van der Waals surface area contributed by atoms with Crippen LogP contribution < -0.4 is 0 Å². The van der Waals surface area contributed by atoms with E-state index >= 15 is 0 Å². The van der Waals surface area contributed by atoms with E-state index < -0.39 is 0 Å². The summed E-state index contributed by atoms with van der Waals surface area (Å²) in [6.07, 6.45) is 2.05. The molecule has 0 saturated carbocycles. The van der Waals surface area contributed by atoms with Gasteiger partial charge in [0.25, 0.3) is 0 Å². The first-order chi connectivity index (χ1) is 9.56. The van der Waals surface area contributed by atoms with Crippen LogP contribution in [0.1, 0.15) is 29.4 Å². The fourth-order valence-corrected chi connectivity index (χ4v) is 2.70. The Hall–Kier alpha value is -1.81. The Morgan fingerprint density at radius 3 is 2.70 bits per heavy atom. The van der Waals surface area contributed by atoms with Crippen molar-refractivity contribution in [2.75, 3.05) is 0 Å². The Bertz CT molecular complexity index is 754. The lowest BCUT2D eigenvalue weighted by Gasteiger charge is -2.09. The Kier molecular flexibility index (Phi) is 3.26. The number of hydrogen-bond donors (Lipinski definition) is 0. The molecule has 1 atom stereocenters. The van der Waals surface area contributed by atoms with Crippen LogP contribution in [0.15, 0.2) is 30.5 Å². The number of hydrogen-bond acceptors (Lipinski definition) is 2. The molecule has 0 aliphatic rings. The molecule has 0 saturated heterocycles. The maximum absolute atomic E-state index is 6.29. The molecule has 5 heteroatoms. The van der Waals surface area contributed by atoms with Crippen molar-refractivity contribution in [2.24, 2.45) is 7.05 Å². The van der Waals surface area contributed by atoms with Crippen LogP contribution in [0.5, 0.6) is 0 Å². The van der Waals surface area contributed by atoms with Gasteiger partial charge in [0.2, 0.25) is 0 Å². The summed E-state index contributed by atoms with van der Waals surface area (Å²) in [7, 11) is 1.94. The monoisotopic (exact) mass is 288 g/mol. The number of nitrogens with zero attached hydrogens (tertiary/aromatic N) is 4.